The molecule has 0 bridgehead atoms. The molecule has 1 aromatic heterocycles. The van der Waals surface area contributed by atoms with E-state index in [0.717, 1.165) is 22.5 Å². The molecule has 0 aliphatic carbocycles. The van der Waals surface area contributed by atoms with Crippen LogP contribution >= 0.6 is 0 Å². The highest BCUT2D eigenvalue weighted by molar-refractivity contribution is 5.88. The van der Waals surface area contributed by atoms with E-state index in [1.807, 2.05) is 38.1 Å². The van der Waals surface area contributed by atoms with Gasteiger partial charge in [0.15, 0.2) is 5.69 Å². The average molecular weight is 378 g/mol. The van der Waals surface area contributed by atoms with Crippen LogP contribution in [-0.4, -0.2) is 27.6 Å². The minimum atomic E-state index is -0.481. The molecule has 3 aromatic rings. The molecule has 8 heteroatoms. The van der Waals surface area contributed by atoms with Crippen molar-refractivity contribution in [3.8, 4) is 5.69 Å². The number of nitrogen functional groups attached to an aromatic ring is 1. The first-order chi connectivity index (χ1) is 13.4. The molecule has 0 aliphatic rings. The van der Waals surface area contributed by atoms with E-state index in [9.17, 15) is 4.79 Å². The van der Waals surface area contributed by atoms with Crippen molar-refractivity contribution in [3.63, 3.8) is 0 Å². The Kier molecular flexibility index (Phi) is 5.49. The van der Waals surface area contributed by atoms with Gasteiger partial charge in [0.2, 0.25) is 0 Å². The van der Waals surface area contributed by atoms with Gasteiger partial charge in [0.1, 0.15) is 0 Å². The first-order valence-electron chi connectivity index (χ1n) is 8.89. The lowest BCUT2D eigenvalue weighted by Gasteiger charge is -2.04. The van der Waals surface area contributed by atoms with E-state index in [2.05, 4.69) is 20.4 Å². The molecule has 0 aliphatic heterocycles. The minimum absolute atomic E-state index is 0.208. The van der Waals surface area contributed by atoms with E-state index in [1.165, 1.54) is 4.80 Å². The van der Waals surface area contributed by atoms with Crippen molar-refractivity contribution in [2.75, 3.05) is 12.3 Å². The number of anilines is 1. The van der Waals surface area contributed by atoms with Gasteiger partial charge in [-0.15, -0.1) is 5.10 Å². The molecule has 0 amide bonds. The van der Waals surface area contributed by atoms with Crippen LogP contribution in [0.15, 0.2) is 46.6 Å². The number of nitrogens with zero attached hydrogens (tertiary/aromatic N) is 5. The van der Waals surface area contributed by atoms with Crippen molar-refractivity contribution in [1.82, 2.24) is 15.0 Å². The molecule has 144 valence electrons. The van der Waals surface area contributed by atoms with Crippen LogP contribution in [0.1, 0.15) is 34.2 Å². The van der Waals surface area contributed by atoms with Crippen molar-refractivity contribution in [2.24, 2.45) is 10.2 Å². The van der Waals surface area contributed by atoms with Crippen molar-refractivity contribution in [1.29, 1.82) is 0 Å². The van der Waals surface area contributed by atoms with Crippen LogP contribution in [0.3, 0.4) is 0 Å². The molecule has 0 fully saturated rings. The molecule has 2 N–H and O–H groups in total. The maximum absolute atomic E-state index is 11.9. The van der Waals surface area contributed by atoms with Gasteiger partial charge >= 0.3 is 5.97 Å². The zero-order valence-corrected chi connectivity index (χ0v) is 16.3. The zero-order chi connectivity index (χ0) is 20.3. The van der Waals surface area contributed by atoms with Crippen LogP contribution in [0.25, 0.3) is 5.69 Å². The van der Waals surface area contributed by atoms with Gasteiger partial charge in [-0.05, 0) is 75.2 Å². The van der Waals surface area contributed by atoms with E-state index >= 15 is 0 Å². The van der Waals surface area contributed by atoms with Crippen molar-refractivity contribution < 1.29 is 9.53 Å². The fraction of sp³-hybridized carbons (Fsp3) is 0.250. The van der Waals surface area contributed by atoms with Gasteiger partial charge in [-0.25, -0.2) is 4.79 Å². The number of aryl methyl sites for hydroxylation is 3. The molecule has 0 saturated carbocycles. The summed E-state index contributed by atoms with van der Waals surface area (Å²) < 4.78 is 4.99. The number of rotatable bonds is 5. The summed E-state index contributed by atoms with van der Waals surface area (Å²) in [6.45, 7) is 7.64. The van der Waals surface area contributed by atoms with Crippen LogP contribution in [0.5, 0.6) is 0 Å². The number of carbonyl (C=O) groups is 1. The summed E-state index contributed by atoms with van der Waals surface area (Å²) in [7, 11) is 0. The van der Waals surface area contributed by atoms with E-state index < -0.39 is 5.97 Å². The Hall–Kier alpha value is -3.55. The Morgan fingerprint density at radius 1 is 1.07 bits per heavy atom. The molecule has 0 unspecified atom stereocenters. The number of carbonyl (C=O) groups excluding carboxylic acids is 1. The van der Waals surface area contributed by atoms with Gasteiger partial charge in [0.05, 0.1) is 29.4 Å². The summed E-state index contributed by atoms with van der Waals surface area (Å²) in [5, 5.41) is 17.1. The lowest BCUT2D eigenvalue weighted by Crippen LogP contribution is -2.07. The van der Waals surface area contributed by atoms with E-state index in [-0.39, 0.29) is 12.3 Å². The zero-order valence-electron chi connectivity index (χ0n) is 16.3. The second kappa shape index (κ2) is 7.99. The van der Waals surface area contributed by atoms with E-state index in [1.54, 1.807) is 26.0 Å². The number of aromatic nitrogens is 3. The average Bonchev–Trinajstić information content (AvgIpc) is 3.06. The molecular formula is C20H22N6O2. The van der Waals surface area contributed by atoms with Crippen molar-refractivity contribution >= 4 is 23.0 Å². The van der Waals surface area contributed by atoms with Crippen molar-refractivity contribution in [2.45, 2.75) is 27.7 Å². The Bertz CT molecular complexity index is 1040. The van der Waals surface area contributed by atoms with Gasteiger partial charge in [-0.1, -0.05) is 0 Å². The number of hydrogen-bond acceptors (Lipinski definition) is 7. The largest absolute Gasteiger partial charge is 0.461 e. The summed E-state index contributed by atoms with van der Waals surface area (Å²) >= 11 is 0. The highest BCUT2D eigenvalue weighted by atomic mass is 16.5. The molecule has 0 spiro atoms. The third kappa shape index (κ3) is 4.06. The highest BCUT2D eigenvalue weighted by Crippen LogP contribution is 2.27. The molecule has 8 nitrogen and oxygen atoms in total. The van der Waals surface area contributed by atoms with Gasteiger partial charge in [0.25, 0.3) is 0 Å². The van der Waals surface area contributed by atoms with E-state index in [4.69, 9.17) is 10.5 Å². The predicted octanol–water partition coefficient (Wildman–Crippen LogP) is 4.37. The number of hydrogen-bond donors (Lipinski definition) is 1. The summed E-state index contributed by atoms with van der Waals surface area (Å²) in [5.74, 6) is -0.481. The fourth-order valence-corrected chi connectivity index (χ4v) is 2.58. The predicted molar refractivity (Wildman–Crippen MR) is 107 cm³/mol. The molecular weight excluding hydrogens is 356 g/mol. The standard InChI is InChI=1S/C20H22N6O2/c1-5-28-20(27)19-14(4)24-26(25-19)16-8-6-15(7-9-16)22-23-18-11-12(2)17(21)10-13(18)3/h6-11H,5,21H2,1-4H3. The topological polar surface area (TPSA) is 108 Å². The summed E-state index contributed by atoms with van der Waals surface area (Å²) in [6.07, 6.45) is 0. The SMILES string of the molecule is CCOC(=O)c1nn(-c2ccc(N=Nc3cc(C)c(N)cc3C)cc2)nc1C. The number of azo groups is 1. The highest BCUT2D eigenvalue weighted by Gasteiger charge is 2.17. The molecule has 28 heavy (non-hydrogen) atoms. The Balaban J connectivity index is 1.80. The first kappa shape index (κ1) is 19.2. The second-order valence-corrected chi connectivity index (χ2v) is 6.36. The smallest absolute Gasteiger partial charge is 0.360 e. The molecule has 3 rings (SSSR count). The number of ether oxygens (including phenoxy) is 1. The number of nitrogens with two attached hydrogens (primary N) is 1. The fourth-order valence-electron chi connectivity index (χ4n) is 2.58. The van der Waals surface area contributed by atoms with Crippen LogP contribution in [0.2, 0.25) is 0 Å². The maximum atomic E-state index is 11.9. The Labute approximate surface area is 163 Å². The Morgan fingerprint density at radius 3 is 2.46 bits per heavy atom. The molecule has 1 heterocycles. The monoisotopic (exact) mass is 378 g/mol. The summed E-state index contributed by atoms with van der Waals surface area (Å²) in [4.78, 5) is 13.3. The Morgan fingerprint density at radius 2 is 1.79 bits per heavy atom. The third-order valence-corrected chi connectivity index (χ3v) is 4.19. The first-order valence-corrected chi connectivity index (χ1v) is 8.89. The second-order valence-electron chi connectivity index (χ2n) is 6.36. The van der Waals surface area contributed by atoms with Gasteiger partial charge in [-0.3, -0.25) is 0 Å². The van der Waals surface area contributed by atoms with Crippen molar-refractivity contribution in [3.05, 3.63) is 58.9 Å². The summed E-state index contributed by atoms with van der Waals surface area (Å²) in [5.41, 5.74) is 11.5. The number of benzene rings is 2. The van der Waals surface area contributed by atoms with Gasteiger partial charge in [-0.2, -0.15) is 20.1 Å². The van der Waals surface area contributed by atoms with Crippen LogP contribution < -0.4 is 5.73 Å². The number of esters is 1. The van der Waals surface area contributed by atoms with Crippen LogP contribution in [-0.2, 0) is 4.74 Å². The lowest BCUT2D eigenvalue weighted by molar-refractivity contribution is 0.0518. The molecule has 0 atom stereocenters. The third-order valence-electron chi connectivity index (χ3n) is 4.19. The normalized spacial score (nSPS) is 11.1. The minimum Gasteiger partial charge on any atom is -0.461 e. The van der Waals surface area contributed by atoms with Gasteiger partial charge < -0.3 is 10.5 Å². The van der Waals surface area contributed by atoms with Crippen LogP contribution in [0, 0.1) is 20.8 Å². The quantitative estimate of drug-likeness (QED) is 0.403. The van der Waals surface area contributed by atoms with Gasteiger partial charge in [0, 0.05) is 5.69 Å². The van der Waals surface area contributed by atoms with E-state index in [0.29, 0.717) is 17.1 Å². The summed E-state index contributed by atoms with van der Waals surface area (Å²) in [6, 6.07) is 11.0. The lowest BCUT2D eigenvalue weighted by atomic mass is 10.1. The maximum Gasteiger partial charge on any atom is 0.360 e. The molecule has 2 aromatic carbocycles. The molecule has 0 saturated heterocycles. The van der Waals surface area contributed by atoms with Crippen LogP contribution in [0.4, 0.5) is 17.1 Å². The molecule has 0 radical (unpaired) electrons.